The molecule has 1 amide bonds. The van der Waals surface area contributed by atoms with Gasteiger partial charge in [-0.25, -0.2) is 0 Å². The Hall–Kier alpha value is -0.220. The topological polar surface area (TPSA) is 46.3 Å². The normalized spacial score (nSPS) is 35.0. The van der Waals surface area contributed by atoms with Gasteiger partial charge in [0.25, 0.3) is 0 Å². The van der Waals surface area contributed by atoms with E-state index in [0.29, 0.717) is 18.0 Å². The SMILES string of the molecule is CN(C(=O)C1CCCS1)C1CCC(N)CC1. The zero-order valence-corrected chi connectivity index (χ0v) is 10.8. The van der Waals surface area contributed by atoms with E-state index < -0.39 is 0 Å². The molecule has 16 heavy (non-hydrogen) atoms. The standard InChI is InChI=1S/C12H22N2OS/c1-14(10-6-4-9(13)5-7-10)12(15)11-3-2-8-16-11/h9-11H,2-8,13H2,1H3. The molecule has 1 aliphatic heterocycles. The summed E-state index contributed by atoms with van der Waals surface area (Å²) in [6.07, 6.45) is 6.58. The predicted octanol–water partition coefficient (Wildman–Crippen LogP) is 1.61. The summed E-state index contributed by atoms with van der Waals surface area (Å²) in [5.74, 6) is 1.50. The number of hydrogen-bond donors (Lipinski definition) is 1. The Morgan fingerprint density at radius 2 is 1.94 bits per heavy atom. The largest absolute Gasteiger partial charge is 0.342 e. The van der Waals surface area contributed by atoms with E-state index in [1.807, 2.05) is 23.7 Å². The third-order valence-electron chi connectivity index (χ3n) is 3.84. The lowest BCUT2D eigenvalue weighted by molar-refractivity contribution is -0.132. The van der Waals surface area contributed by atoms with E-state index in [2.05, 4.69) is 0 Å². The van der Waals surface area contributed by atoms with Crippen molar-refractivity contribution < 1.29 is 4.79 Å². The molecule has 1 saturated carbocycles. The minimum absolute atomic E-state index is 0.237. The Labute approximate surface area is 102 Å². The van der Waals surface area contributed by atoms with Gasteiger partial charge in [-0.3, -0.25) is 4.79 Å². The summed E-state index contributed by atoms with van der Waals surface area (Å²) < 4.78 is 0. The summed E-state index contributed by atoms with van der Waals surface area (Å²) in [4.78, 5) is 14.2. The highest BCUT2D eigenvalue weighted by atomic mass is 32.2. The summed E-state index contributed by atoms with van der Waals surface area (Å²) in [6, 6.07) is 0.800. The van der Waals surface area contributed by atoms with Crippen molar-refractivity contribution in [3.05, 3.63) is 0 Å². The van der Waals surface area contributed by atoms with Crippen LogP contribution in [0, 0.1) is 0 Å². The van der Waals surface area contributed by atoms with Gasteiger partial charge in [0.15, 0.2) is 0 Å². The molecule has 1 unspecified atom stereocenters. The monoisotopic (exact) mass is 242 g/mol. The fourth-order valence-corrected chi connectivity index (χ4v) is 3.93. The number of rotatable bonds is 2. The zero-order chi connectivity index (χ0) is 11.5. The fourth-order valence-electron chi connectivity index (χ4n) is 2.67. The fraction of sp³-hybridized carbons (Fsp3) is 0.917. The molecule has 0 aromatic carbocycles. The minimum Gasteiger partial charge on any atom is -0.342 e. The first kappa shape index (κ1) is 12.2. The quantitative estimate of drug-likeness (QED) is 0.800. The highest BCUT2D eigenvalue weighted by Crippen LogP contribution is 2.29. The third kappa shape index (κ3) is 2.72. The molecule has 2 N–H and O–H groups in total. The summed E-state index contributed by atoms with van der Waals surface area (Å²) in [7, 11) is 1.97. The molecule has 1 atom stereocenters. The average Bonchev–Trinajstić information content (AvgIpc) is 2.81. The van der Waals surface area contributed by atoms with Gasteiger partial charge in [-0.2, -0.15) is 0 Å². The van der Waals surface area contributed by atoms with Crippen LogP contribution in [0.3, 0.4) is 0 Å². The van der Waals surface area contributed by atoms with Crippen LogP contribution in [0.2, 0.25) is 0 Å². The van der Waals surface area contributed by atoms with Crippen molar-refractivity contribution in [2.24, 2.45) is 5.73 Å². The molecular weight excluding hydrogens is 220 g/mol. The van der Waals surface area contributed by atoms with E-state index >= 15 is 0 Å². The van der Waals surface area contributed by atoms with Crippen LogP contribution >= 0.6 is 11.8 Å². The molecule has 1 heterocycles. The van der Waals surface area contributed by atoms with Gasteiger partial charge in [-0.1, -0.05) is 0 Å². The summed E-state index contributed by atoms with van der Waals surface area (Å²) >= 11 is 1.83. The maximum atomic E-state index is 12.2. The number of thioether (sulfide) groups is 1. The number of carbonyl (C=O) groups is 1. The number of nitrogens with zero attached hydrogens (tertiary/aromatic N) is 1. The van der Waals surface area contributed by atoms with Gasteiger partial charge in [-0.05, 0) is 44.3 Å². The molecular formula is C12H22N2OS. The molecule has 0 aromatic heterocycles. The molecule has 92 valence electrons. The first-order valence-corrected chi connectivity index (χ1v) is 7.37. The van der Waals surface area contributed by atoms with Crippen molar-refractivity contribution >= 4 is 17.7 Å². The summed E-state index contributed by atoms with van der Waals surface area (Å²) in [6.45, 7) is 0. The van der Waals surface area contributed by atoms with Crippen LogP contribution in [0.25, 0.3) is 0 Å². The molecule has 0 aromatic rings. The zero-order valence-electron chi connectivity index (χ0n) is 10.0. The van der Waals surface area contributed by atoms with Gasteiger partial charge >= 0.3 is 0 Å². The predicted molar refractivity (Wildman–Crippen MR) is 68.5 cm³/mol. The second-order valence-electron chi connectivity index (χ2n) is 5.02. The molecule has 4 heteroatoms. The van der Waals surface area contributed by atoms with Gasteiger partial charge in [-0.15, -0.1) is 11.8 Å². The van der Waals surface area contributed by atoms with Crippen LogP contribution in [0.15, 0.2) is 0 Å². The van der Waals surface area contributed by atoms with Crippen molar-refractivity contribution in [1.82, 2.24) is 4.90 Å². The van der Waals surface area contributed by atoms with E-state index in [1.54, 1.807) is 0 Å². The van der Waals surface area contributed by atoms with E-state index in [1.165, 1.54) is 6.42 Å². The summed E-state index contributed by atoms with van der Waals surface area (Å²) in [5, 5.41) is 0.237. The lowest BCUT2D eigenvalue weighted by Crippen LogP contribution is -2.44. The van der Waals surface area contributed by atoms with Crippen LogP contribution < -0.4 is 5.73 Å². The van der Waals surface area contributed by atoms with Crippen molar-refractivity contribution in [1.29, 1.82) is 0 Å². The first-order valence-electron chi connectivity index (χ1n) is 6.32. The van der Waals surface area contributed by atoms with Gasteiger partial charge in [0.05, 0.1) is 5.25 Å². The molecule has 3 nitrogen and oxygen atoms in total. The number of hydrogen-bond acceptors (Lipinski definition) is 3. The number of carbonyl (C=O) groups excluding carboxylic acids is 1. The van der Waals surface area contributed by atoms with Gasteiger partial charge < -0.3 is 10.6 Å². The van der Waals surface area contributed by atoms with Crippen LogP contribution in [-0.4, -0.2) is 40.9 Å². The van der Waals surface area contributed by atoms with Crippen LogP contribution in [0.4, 0.5) is 0 Å². The molecule has 0 radical (unpaired) electrons. The molecule has 1 saturated heterocycles. The molecule has 2 rings (SSSR count). The van der Waals surface area contributed by atoms with E-state index in [0.717, 1.165) is 37.9 Å². The highest BCUT2D eigenvalue weighted by Gasteiger charge is 2.31. The molecule has 2 aliphatic rings. The number of nitrogens with two attached hydrogens (primary N) is 1. The van der Waals surface area contributed by atoms with Crippen molar-refractivity contribution in [2.75, 3.05) is 12.8 Å². The molecule has 0 bridgehead atoms. The average molecular weight is 242 g/mol. The lowest BCUT2D eigenvalue weighted by atomic mass is 9.91. The van der Waals surface area contributed by atoms with Crippen molar-refractivity contribution in [3.8, 4) is 0 Å². The Bertz CT molecular complexity index is 245. The Morgan fingerprint density at radius 3 is 2.50 bits per heavy atom. The molecule has 2 fully saturated rings. The summed E-state index contributed by atoms with van der Waals surface area (Å²) in [5.41, 5.74) is 5.89. The Balaban J connectivity index is 1.86. The molecule has 1 aliphatic carbocycles. The Morgan fingerprint density at radius 1 is 1.25 bits per heavy atom. The lowest BCUT2D eigenvalue weighted by Gasteiger charge is -2.34. The second-order valence-corrected chi connectivity index (χ2v) is 6.33. The van der Waals surface area contributed by atoms with E-state index in [9.17, 15) is 4.79 Å². The van der Waals surface area contributed by atoms with Crippen molar-refractivity contribution in [2.45, 2.75) is 55.9 Å². The smallest absolute Gasteiger partial charge is 0.235 e. The first-order chi connectivity index (χ1) is 7.68. The maximum Gasteiger partial charge on any atom is 0.235 e. The third-order valence-corrected chi connectivity index (χ3v) is 5.21. The Kier molecular flexibility index (Phi) is 4.14. The van der Waals surface area contributed by atoms with Crippen LogP contribution in [0.5, 0.6) is 0 Å². The number of amides is 1. The van der Waals surface area contributed by atoms with Gasteiger partial charge in [0.1, 0.15) is 0 Å². The highest BCUT2D eigenvalue weighted by molar-refractivity contribution is 8.00. The minimum atomic E-state index is 0.237. The second kappa shape index (κ2) is 5.41. The van der Waals surface area contributed by atoms with E-state index in [-0.39, 0.29) is 5.25 Å². The van der Waals surface area contributed by atoms with Gasteiger partial charge in [0.2, 0.25) is 5.91 Å². The molecule has 0 spiro atoms. The van der Waals surface area contributed by atoms with E-state index in [4.69, 9.17) is 5.73 Å². The van der Waals surface area contributed by atoms with Crippen LogP contribution in [0.1, 0.15) is 38.5 Å². The van der Waals surface area contributed by atoms with Gasteiger partial charge in [0, 0.05) is 19.1 Å². The maximum absolute atomic E-state index is 12.2. The van der Waals surface area contributed by atoms with Crippen molar-refractivity contribution in [3.63, 3.8) is 0 Å². The van der Waals surface area contributed by atoms with Crippen LogP contribution in [-0.2, 0) is 4.79 Å².